The van der Waals surface area contributed by atoms with Crippen molar-refractivity contribution in [1.29, 1.82) is 0 Å². The van der Waals surface area contributed by atoms with Gasteiger partial charge in [-0.25, -0.2) is 0 Å². The standard InChI is InChI=1S/C47H82N6O9/c1-37(53-47(60)41(48)34-39-25-27-40(55)28-26-39)43(56)35-52-42(38(2)54)22-18-21-31-50-45(58)24-17-13-8-4-6-10-14-19-29-49-44(57)23-16-12-9-5-7-11-15-20-30-51-46(59)36-62-33-32-61-3/h25-28,37,41-42,52,55H,4-24,29-36,48H2,1-3H3,(H,49,57)(H,50,58)(H,51,59)(H,53,60)/t37-,41+,42+/m1/s1. The number of hydrogen-bond donors (Lipinski definition) is 7. The first-order valence-corrected chi connectivity index (χ1v) is 23.4. The summed E-state index contributed by atoms with van der Waals surface area (Å²) in [5, 5.41) is 24.0. The third kappa shape index (κ3) is 31.9. The van der Waals surface area contributed by atoms with E-state index in [1.807, 2.05) is 0 Å². The molecule has 15 heteroatoms. The van der Waals surface area contributed by atoms with Gasteiger partial charge in [0.1, 0.15) is 18.1 Å². The number of Topliss-reactive ketones (excluding diaryl/α,β-unsaturated/α-hetero) is 2. The largest absolute Gasteiger partial charge is 0.508 e. The van der Waals surface area contributed by atoms with Gasteiger partial charge in [0, 0.05) is 39.6 Å². The molecule has 62 heavy (non-hydrogen) atoms. The van der Waals surface area contributed by atoms with Gasteiger partial charge in [-0.05, 0) is 82.9 Å². The highest BCUT2D eigenvalue weighted by molar-refractivity contribution is 5.92. The molecule has 0 bridgehead atoms. The Morgan fingerprint density at radius 2 is 1.11 bits per heavy atom. The minimum absolute atomic E-state index is 0.0430. The molecule has 0 aromatic heterocycles. The van der Waals surface area contributed by atoms with Crippen molar-refractivity contribution in [3.63, 3.8) is 0 Å². The van der Waals surface area contributed by atoms with Gasteiger partial charge >= 0.3 is 0 Å². The Kier molecular flexibility index (Phi) is 34.0. The first-order valence-electron chi connectivity index (χ1n) is 23.4. The second-order valence-corrected chi connectivity index (χ2v) is 16.5. The van der Waals surface area contributed by atoms with Gasteiger partial charge in [-0.1, -0.05) is 89.2 Å². The summed E-state index contributed by atoms with van der Waals surface area (Å²) in [6.07, 6.45) is 20.7. The van der Waals surface area contributed by atoms with Crippen molar-refractivity contribution in [3.05, 3.63) is 29.8 Å². The lowest BCUT2D eigenvalue weighted by molar-refractivity contribution is -0.128. The number of methoxy groups -OCH3 is 1. The maximum atomic E-state index is 12.7. The second kappa shape index (κ2) is 37.6. The lowest BCUT2D eigenvalue weighted by atomic mass is 10.0. The maximum Gasteiger partial charge on any atom is 0.245 e. The Morgan fingerprint density at radius 1 is 0.645 bits per heavy atom. The average molecular weight is 875 g/mol. The zero-order valence-corrected chi connectivity index (χ0v) is 38.3. The number of aromatic hydroxyl groups is 1. The van der Waals surface area contributed by atoms with Gasteiger partial charge in [-0.2, -0.15) is 0 Å². The van der Waals surface area contributed by atoms with Crippen molar-refractivity contribution in [2.24, 2.45) is 5.73 Å². The van der Waals surface area contributed by atoms with E-state index in [1.165, 1.54) is 44.7 Å². The SMILES string of the molecule is COCCOCC(=O)NCCCCCCCCCCC(=O)NCCCCCCCCCCC(=O)NCCCC[C@H](NCC(=O)[C@@H](C)NC(=O)[C@@H](N)Cc1ccc(O)cc1)C(C)=O. The Labute approximate surface area is 371 Å². The first kappa shape index (κ1) is 56.1. The Balaban J connectivity index is 1.93. The molecule has 4 amide bonds. The molecule has 0 unspecified atom stereocenters. The minimum atomic E-state index is -0.854. The van der Waals surface area contributed by atoms with Gasteiger partial charge in [0.2, 0.25) is 23.6 Å². The van der Waals surface area contributed by atoms with E-state index in [0.717, 1.165) is 95.6 Å². The van der Waals surface area contributed by atoms with E-state index in [9.17, 15) is 33.9 Å². The number of ether oxygens (including phenoxy) is 2. The van der Waals surface area contributed by atoms with Gasteiger partial charge in [-0.15, -0.1) is 0 Å². The highest BCUT2D eigenvalue weighted by atomic mass is 16.5. The van der Waals surface area contributed by atoms with Crippen molar-refractivity contribution in [2.75, 3.05) is 53.1 Å². The van der Waals surface area contributed by atoms with Crippen LogP contribution in [0.5, 0.6) is 5.75 Å². The van der Waals surface area contributed by atoms with Crippen LogP contribution in [0.4, 0.5) is 0 Å². The Hall–Kier alpha value is -3.92. The summed E-state index contributed by atoms with van der Waals surface area (Å²) in [6.45, 7) is 5.97. The van der Waals surface area contributed by atoms with Crippen LogP contribution in [0.15, 0.2) is 24.3 Å². The fourth-order valence-electron chi connectivity index (χ4n) is 6.84. The van der Waals surface area contributed by atoms with E-state index in [4.69, 9.17) is 15.2 Å². The number of carbonyl (C=O) groups excluding carboxylic acids is 6. The van der Waals surface area contributed by atoms with Gasteiger partial charge in [0.15, 0.2) is 5.78 Å². The molecule has 3 atom stereocenters. The topological polar surface area (TPSA) is 227 Å². The van der Waals surface area contributed by atoms with Gasteiger partial charge < -0.3 is 46.9 Å². The van der Waals surface area contributed by atoms with E-state index in [1.54, 1.807) is 26.2 Å². The van der Waals surface area contributed by atoms with Crippen LogP contribution in [-0.2, 0) is 44.7 Å². The highest BCUT2D eigenvalue weighted by Crippen LogP contribution is 2.13. The molecule has 0 aliphatic carbocycles. The van der Waals surface area contributed by atoms with E-state index < -0.39 is 24.0 Å². The van der Waals surface area contributed by atoms with Crippen LogP contribution in [0.2, 0.25) is 0 Å². The first-order chi connectivity index (χ1) is 29.9. The molecule has 0 aliphatic heterocycles. The molecular weight excluding hydrogens is 793 g/mol. The molecule has 0 saturated heterocycles. The molecule has 0 radical (unpaired) electrons. The summed E-state index contributed by atoms with van der Waals surface area (Å²) < 4.78 is 10.1. The van der Waals surface area contributed by atoms with E-state index in [2.05, 4.69) is 26.6 Å². The maximum absolute atomic E-state index is 12.7. The molecule has 1 aromatic carbocycles. The summed E-state index contributed by atoms with van der Waals surface area (Å²) in [5.74, 6) is -0.550. The van der Waals surface area contributed by atoms with Gasteiger partial charge in [0.05, 0.1) is 37.9 Å². The molecule has 15 nitrogen and oxygen atoms in total. The number of benzene rings is 1. The predicted octanol–water partition coefficient (Wildman–Crippen LogP) is 5.09. The molecule has 0 spiro atoms. The van der Waals surface area contributed by atoms with E-state index in [0.29, 0.717) is 52.0 Å². The number of carbonyl (C=O) groups is 6. The predicted molar refractivity (Wildman–Crippen MR) is 244 cm³/mol. The zero-order chi connectivity index (χ0) is 45.6. The molecule has 1 rings (SSSR count). The molecule has 1 aromatic rings. The number of ketones is 2. The van der Waals surface area contributed by atoms with Crippen LogP contribution in [0, 0.1) is 0 Å². The quantitative estimate of drug-likeness (QED) is 0.0429. The molecule has 354 valence electrons. The fourth-order valence-corrected chi connectivity index (χ4v) is 6.84. The Morgan fingerprint density at radius 3 is 1.61 bits per heavy atom. The van der Waals surface area contributed by atoms with Crippen LogP contribution in [0.1, 0.15) is 154 Å². The third-order valence-electron chi connectivity index (χ3n) is 10.8. The summed E-state index contributed by atoms with van der Waals surface area (Å²) >= 11 is 0. The molecule has 0 saturated carbocycles. The number of hydrogen-bond acceptors (Lipinski definition) is 11. The number of rotatable bonds is 41. The van der Waals surface area contributed by atoms with Crippen molar-refractivity contribution >= 4 is 35.2 Å². The zero-order valence-electron chi connectivity index (χ0n) is 38.3. The fraction of sp³-hybridized carbons (Fsp3) is 0.745. The average Bonchev–Trinajstić information content (AvgIpc) is 3.24. The molecule has 0 aliphatic rings. The van der Waals surface area contributed by atoms with Gasteiger partial charge in [-0.3, -0.25) is 28.8 Å². The van der Waals surface area contributed by atoms with Crippen LogP contribution < -0.4 is 32.3 Å². The lowest BCUT2D eigenvalue weighted by Crippen LogP contribution is -2.50. The van der Waals surface area contributed by atoms with E-state index >= 15 is 0 Å². The van der Waals surface area contributed by atoms with Crippen LogP contribution >= 0.6 is 0 Å². The molecule has 0 fully saturated rings. The molecule has 0 heterocycles. The molecule has 8 N–H and O–H groups in total. The minimum Gasteiger partial charge on any atom is -0.508 e. The van der Waals surface area contributed by atoms with Crippen LogP contribution in [-0.4, -0.2) is 112 Å². The lowest BCUT2D eigenvalue weighted by Gasteiger charge is -2.19. The van der Waals surface area contributed by atoms with Crippen molar-refractivity contribution in [3.8, 4) is 5.75 Å². The number of nitrogens with one attached hydrogen (secondary N) is 5. The molecular formula is C47H82N6O9. The van der Waals surface area contributed by atoms with Gasteiger partial charge in [0.25, 0.3) is 0 Å². The third-order valence-corrected chi connectivity index (χ3v) is 10.8. The summed E-state index contributed by atoms with van der Waals surface area (Å²) in [5.41, 5.74) is 6.80. The van der Waals surface area contributed by atoms with Crippen LogP contribution in [0.3, 0.4) is 0 Å². The second-order valence-electron chi connectivity index (χ2n) is 16.5. The normalized spacial score (nSPS) is 12.6. The van der Waals surface area contributed by atoms with E-state index in [-0.39, 0.29) is 54.6 Å². The number of phenolic OH excluding ortho intramolecular Hbond substituents is 1. The van der Waals surface area contributed by atoms with Crippen molar-refractivity contribution in [2.45, 2.75) is 173 Å². The number of amides is 4. The smallest absolute Gasteiger partial charge is 0.245 e. The number of unbranched alkanes of at least 4 members (excludes halogenated alkanes) is 15. The Bertz CT molecular complexity index is 1380. The van der Waals surface area contributed by atoms with Crippen molar-refractivity contribution in [1.82, 2.24) is 26.6 Å². The summed E-state index contributed by atoms with van der Waals surface area (Å²) in [4.78, 5) is 73.4. The summed E-state index contributed by atoms with van der Waals surface area (Å²) in [6, 6.07) is 4.29. The van der Waals surface area contributed by atoms with Crippen LogP contribution in [0.25, 0.3) is 0 Å². The number of phenols is 1. The monoisotopic (exact) mass is 875 g/mol. The van der Waals surface area contributed by atoms with Crippen molar-refractivity contribution < 1.29 is 43.3 Å². The highest BCUT2D eigenvalue weighted by Gasteiger charge is 2.22. The summed E-state index contributed by atoms with van der Waals surface area (Å²) in [7, 11) is 1.60. The number of nitrogens with two attached hydrogens (primary N) is 1.